The van der Waals surface area contributed by atoms with Gasteiger partial charge >= 0.3 is 5.97 Å². The molecule has 24 heavy (non-hydrogen) atoms. The summed E-state index contributed by atoms with van der Waals surface area (Å²) in [6, 6.07) is 4.94. The monoisotopic (exact) mass is 330 g/mol. The van der Waals surface area contributed by atoms with Gasteiger partial charge in [-0.25, -0.2) is 9.48 Å². The summed E-state index contributed by atoms with van der Waals surface area (Å²) >= 11 is 0. The molecule has 1 atom stereocenters. The maximum absolute atomic E-state index is 12.4. The lowest BCUT2D eigenvalue weighted by atomic mass is 9.94. The van der Waals surface area contributed by atoms with Crippen LogP contribution in [0.15, 0.2) is 35.8 Å². The third-order valence-electron chi connectivity index (χ3n) is 3.93. The molecule has 0 radical (unpaired) electrons. The van der Waals surface area contributed by atoms with E-state index in [0.29, 0.717) is 28.7 Å². The van der Waals surface area contributed by atoms with Crippen LogP contribution in [0.3, 0.4) is 0 Å². The number of para-hydroxylation sites is 1. The number of fused-ring (bicyclic) bond motifs is 1. The predicted molar refractivity (Wildman–Crippen MR) is 86.0 cm³/mol. The van der Waals surface area contributed by atoms with Crippen molar-refractivity contribution in [2.24, 2.45) is 0 Å². The lowest BCUT2D eigenvalue weighted by Crippen LogP contribution is -2.29. The van der Waals surface area contributed by atoms with Gasteiger partial charge in [0.05, 0.1) is 26.9 Å². The molecule has 8 heteroatoms. The first kappa shape index (κ1) is 15.9. The van der Waals surface area contributed by atoms with Gasteiger partial charge in [0.2, 0.25) is 5.95 Å². The second kappa shape index (κ2) is 6.23. The standard InChI is InChI=1S/C16H18N4O4/c1-9-12(15(21)24-4)13(20-16(19-9)17-8-18-20)10-6-5-7-11(22-2)14(10)23-3/h5-8,13H,1-4H3,(H,17,18,19)/t13-/m0/s1. The molecular weight excluding hydrogens is 312 g/mol. The van der Waals surface area contributed by atoms with Crippen molar-refractivity contribution < 1.29 is 19.0 Å². The molecule has 0 bridgehead atoms. The minimum atomic E-state index is -0.541. The number of rotatable bonds is 4. The maximum atomic E-state index is 12.4. The zero-order valence-corrected chi connectivity index (χ0v) is 13.9. The Bertz CT molecular complexity index is 812. The summed E-state index contributed by atoms with van der Waals surface area (Å²) in [5.41, 5.74) is 1.81. The highest BCUT2D eigenvalue weighted by molar-refractivity contribution is 5.92. The number of nitrogens with one attached hydrogen (secondary N) is 1. The predicted octanol–water partition coefficient (Wildman–Crippen LogP) is 1.76. The summed E-state index contributed by atoms with van der Waals surface area (Å²) in [6.45, 7) is 1.80. The molecule has 0 unspecified atom stereocenters. The molecule has 0 aliphatic carbocycles. The van der Waals surface area contributed by atoms with E-state index < -0.39 is 12.0 Å². The topological polar surface area (TPSA) is 87.5 Å². The van der Waals surface area contributed by atoms with Crippen LogP contribution in [0.4, 0.5) is 5.95 Å². The van der Waals surface area contributed by atoms with Crippen LogP contribution in [0.2, 0.25) is 0 Å². The van der Waals surface area contributed by atoms with E-state index in [0.717, 1.165) is 5.56 Å². The molecule has 0 spiro atoms. The van der Waals surface area contributed by atoms with Crippen LogP contribution in [-0.4, -0.2) is 42.1 Å². The number of benzene rings is 1. The van der Waals surface area contributed by atoms with E-state index >= 15 is 0 Å². The van der Waals surface area contributed by atoms with Gasteiger partial charge in [-0.2, -0.15) is 10.1 Å². The van der Waals surface area contributed by atoms with Crippen molar-refractivity contribution in [2.45, 2.75) is 13.0 Å². The van der Waals surface area contributed by atoms with Gasteiger partial charge in [-0.3, -0.25) is 0 Å². The molecule has 126 valence electrons. The summed E-state index contributed by atoms with van der Waals surface area (Å²) in [5, 5.41) is 7.32. The van der Waals surface area contributed by atoms with Crippen LogP contribution >= 0.6 is 0 Å². The number of nitrogens with zero attached hydrogens (tertiary/aromatic N) is 3. The lowest BCUT2D eigenvalue weighted by Gasteiger charge is -2.29. The second-order valence-corrected chi connectivity index (χ2v) is 5.17. The molecule has 1 aromatic carbocycles. The Labute approximate surface area is 139 Å². The highest BCUT2D eigenvalue weighted by Gasteiger charge is 2.36. The van der Waals surface area contributed by atoms with Crippen molar-refractivity contribution in [3.8, 4) is 11.5 Å². The summed E-state index contributed by atoms with van der Waals surface area (Å²) in [7, 11) is 4.46. The first-order valence-electron chi connectivity index (χ1n) is 7.28. The van der Waals surface area contributed by atoms with Crippen molar-refractivity contribution in [1.82, 2.24) is 14.8 Å². The van der Waals surface area contributed by atoms with E-state index in [4.69, 9.17) is 14.2 Å². The molecule has 3 rings (SSSR count). The van der Waals surface area contributed by atoms with E-state index in [1.54, 1.807) is 31.9 Å². The van der Waals surface area contributed by atoms with Gasteiger partial charge in [-0.15, -0.1) is 0 Å². The van der Waals surface area contributed by atoms with Gasteiger partial charge in [0.1, 0.15) is 12.4 Å². The minimum absolute atomic E-state index is 0.432. The van der Waals surface area contributed by atoms with Crippen LogP contribution in [-0.2, 0) is 9.53 Å². The van der Waals surface area contributed by atoms with Crippen LogP contribution < -0.4 is 14.8 Å². The van der Waals surface area contributed by atoms with Gasteiger partial charge in [0, 0.05) is 11.3 Å². The number of anilines is 1. The Morgan fingerprint density at radius 2 is 2.04 bits per heavy atom. The summed E-state index contributed by atoms with van der Waals surface area (Å²) in [4.78, 5) is 16.6. The van der Waals surface area contributed by atoms with Crippen molar-refractivity contribution in [1.29, 1.82) is 0 Å². The number of aromatic nitrogens is 3. The summed E-state index contributed by atoms with van der Waals surface area (Å²) in [5.74, 6) is 1.19. The highest BCUT2D eigenvalue weighted by Crippen LogP contribution is 2.42. The summed E-state index contributed by atoms with van der Waals surface area (Å²) in [6.07, 6.45) is 1.43. The normalized spacial score (nSPS) is 16.2. The number of hydrogen-bond acceptors (Lipinski definition) is 7. The van der Waals surface area contributed by atoms with Gasteiger partial charge in [0.25, 0.3) is 0 Å². The largest absolute Gasteiger partial charge is 0.493 e. The number of carbonyl (C=O) groups excluding carboxylic acids is 1. The van der Waals surface area contributed by atoms with Crippen LogP contribution in [0, 0.1) is 0 Å². The zero-order chi connectivity index (χ0) is 17.3. The second-order valence-electron chi connectivity index (χ2n) is 5.17. The number of methoxy groups -OCH3 is 3. The van der Waals surface area contributed by atoms with Crippen molar-refractivity contribution >= 4 is 11.9 Å². The van der Waals surface area contributed by atoms with E-state index in [-0.39, 0.29) is 0 Å². The van der Waals surface area contributed by atoms with Crippen LogP contribution in [0.1, 0.15) is 18.5 Å². The molecule has 0 amide bonds. The van der Waals surface area contributed by atoms with Crippen molar-refractivity contribution in [2.75, 3.05) is 26.6 Å². The maximum Gasteiger partial charge on any atom is 0.338 e. The molecule has 1 aliphatic rings. The molecule has 2 aromatic rings. The Hall–Kier alpha value is -3.03. The molecule has 0 fully saturated rings. The molecule has 0 saturated heterocycles. The molecule has 1 N–H and O–H groups in total. The Morgan fingerprint density at radius 1 is 1.25 bits per heavy atom. The van der Waals surface area contributed by atoms with E-state index in [1.807, 2.05) is 12.1 Å². The first-order chi connectivity index (χ1) is 11.6. The number of allylic oxidation sites excluding steroid dienone is 1. The molecule has 1 aliphatic heterocycles. The Morgan fingerprint density at radius 3 is 2.71 bits per heavy atom. The van der Waals surface area contributed by atoms with E-state index in [1.165, 1.54) is 13.4 Å². The average Bonchev–Trinajstić information content (AvgIpc) is 3.06. The molecule has 1 aromatic heterocycles. The van der Waals surface area contributed by atoms with E-state index in [2.05, 4.69) is 15.4 Å². The average molecular weight is 330 g/mol. The SMILES string of the molecule is COC(=O)C1=C(C)Nc2ncnn2[C@H]1c1cccc(OC)c1OC. The lowest BCUT2D eigenvalue weighted by molar-refractivity contribution is -0.136. The third kappa shape index (κ3) is 2.36. The van der Waals surface area contributed by atoms with Gasteiger partial charge in [-0.05, 0) is 13.0 Å². The third-order valence-corrected chi connectivity index (χ3v) is 3.93. The Balaban J connectivity index is 2.26. The zero-order valence-electron chi connectivity index (χ0n) is 13.9. The number of hydrogen-bond donors (Lipinski definition) is 1. The minimum Gasteiger partial charge on any atom is -0.493 e. The van der Waals surface area contributed by atoms with E-state index in [9.17, 15) is 4.79 Å². The fourth-order valence-electron chi connectivity index (χ4n) is 2.88. The number of carbonyl (C=O) groups is 1. The Kier molecular flexibility index (Phi) is 4.11. The highest BCUT2D eigenvalue weighted by atomic mass is 16.5. The number of esters is 1. The first-order valence-corrected chi connectivity index (χ1v) is 7.28. The van der Waals surface area contributed by atoms with Crippen LogP contribution in [0.25, 0.3) is 0 Å². The molecule has 2 heterocycles. The smallest absolute Gasteiger partial charge is 0.338 e. The quantitative estimate of drug-likeness (QED) is 0.855. The van der Waals surface area contributed by atoms with Crippen molar-refractivity contribution in [3.05, 3.63) is 41.4 Å². The summed E-state index contributed by atoms with van der Waals surface area (Å²) < 4.78 is 17.5. The van der Waals surface area contributed by atoms with Crippen LogP contribution in [0.5, 0.6) is 11.5 Å². The van der Waals surface area contributed by atoms with Gasteiger partial charge < -0.3 is 19.5 Å². The van der Waals surface area contributed by atoms with Gasteiger partial charge in [0.15, 0.2) is 11.5 Å². The number of ether oxygens (including phenoxy) is 3. The fraction of sp³-hybridized carbons (Fsp3) is 0.312. The van der Waals surface area contributed by atoms with Crippen molar-refractivity contribution in [3.63, 3.8) is 0 Å². The molecule has 8 nitrogen and oxygen atoms in total. The molecule has 0 saturated carbocycles. The van der Waals surface area contributed by atoms with Gasteiger partial charge in [-0.1, -0.05) is 12.1 Å². The molecular formula is C16H18N4O4. The fourth-order valence-corrected chi connectivity index (χ4v) is 2.88.